The number of thiazole rings is 1. The number of esters is 1. The summed E-state index contributed by atoms with van der Waals surface area (Å²) in [5.41, 5.74) is 2.63. The molecule has 0 saturated carbocycles. The first-order valence-corrected chi connectivity index (χ1v) is 11.5. The summed E-state index contributed by atoms with van der Waals surface area (Å²) in [4.78, 5) is 17.0. The van der Waals surface area contributed by atoms with E-state index in [0.29, 0.717) is 27.7 Å². The highest BCUT2D eigenvalue weighted by Gasteiger charge is 2.18. The van der Waals surface area contributed by atoms with Crippen LogP contribution < -0.4 is 0 Å². The molecule has 0 fully saturated rings. The molecule has 0 bridgehead atoms. The largest absolute Gasteiger partial charge is 0.462 e. The monoisotopic (exact) mass is 417 g/mol. The third kappa shape index (κ3) is 4.08. The average Bonchev–Trinajstić information content (AvgIpc) is 3.19. The first kappa shape index (κ1) is 20.0. The molecule has 0 atom stereocenters. The minimum atomic E-state index is -3.11. The van der Waals surface area contributed by atoms with Gasteiger partial charge in [0.1, 0.15) is 25.8 Å². The van der Waals surface area contributed by atoms with Crippen LogP contribution in [0.4, 0.5) is 0 Å². The zero-order chi connectivity index (χ0) is 20.5. The van der Waals surface area contributed by atoms with Gasteiger partial charge in [-0.25, -0.2) is 18.2 Å². The van der Waals surface area contributed by atoms with Crippen molar-refractivity contribution >= 4 is 38.0 Å². The van der Waals surface area contributed by atoms with E-state index in [0.717, 1.165) is 16.5 Å². The quantitative estimate of drug-likeness (QED) is 0.571. The molecule has 7 nitrogen and oxygen atoms in total. The molecular weight excluding hydrogens is 398 g/mol. The number of sulfone groups is 1. The fourth-order valence-corrected chi connectivity index (χ4v) is 4.36. The number of nitrogens with zero attached hydrogens (tertiary/aromatic N) is 3. The Morgan fingerprint density at radius 1 is 1.39 bits per heavy atom. The Balaban J connectivity index is 2.02. The summed E-state index contributed by atoms with van der Waals surface area (Å²) in [6.45, 7) is 4.08. The van der Waals surface area contributed by atoms with Gasteiger partial charge in [0.15, 0.2) is 0 Å². The van der Waals surface area contributed by atoms with Gasteiger partial charge >= 0.3 is 5.97 Å². The Bertz CT molecular complexity index is 1200. The van der Waals surface area contributed by atoms with Crippen molar-refractivity contribution < 1.29 is 17.9 Å². The molecule has 2 aromatic heterocycles. The van der Waals surface area contributed by atoms with Gasteiger partial charge in [0.2, 0.25) is 0 Å². The standard InChI is InChI=1S/C19H19N3O4S2/c1-4-26-19(23)17-12(2)21-18(27-17)13-5-6-16-15(9-13)14(10-20)11-22(16)7-8-28(3,24)25/h5-6,9,11H,4,7-8H2,1-3H3. The molecule has 0 amide bonds. The van der Waals surface area contributed by atoms with Crippen LogP contribution in [0, 0.1) is 18.3 Å². The molecule has 2 heterocycles. The van der Waals surface area contributed by atoms with Gasteiger partial charge in [-0.3, -0.25) is 0 Å². The Morgan fingerprint density at radius 2 is 2.14 bits per heavy atom. The molecule has 0 aliphatic carbocycles. The minimum Gasteiger partial charge on any atom is -0.462 e. The van der Waals surface area contributed by atoms with Gasteiger partial charge in [-0.15, -0.1) is 11.3 Å². The second kappa shape index (κ2) is 7.73. The van der Waals surface area contributed by atoms with Crippen molar-refractivity contribution in [3.05, 3.63) is 40.5 Å². The Morgan fingerprint density at radius 3 is 2.79 bits per heavy atom. The van der Waals surface area contributed by atoms with Crippen LogP contribution in [0.3, 0.4) is 0 Å². The molecule has 28 heavy (non-hydrogen) atoms. The maximum Gasteiger partial charge on any atom is 0.350 e. The summed E-state index contributed by atoms with van der Waals surface area (Å²) < 4.78 is 29.8. The normalized spacial score (nSPS) is 11.5. The van der Waals surface area contributed by atoms with Gasteiger partial charge in [-0.1, -0.05) is 0 Å². The highest BCUT2D eigenvalue weighted by Crippen LogP contribution is 2.32. The number of hydrogen-bond donors (Lipinski definition) is 0. The smallest absolute Gasteiger partial charge is 0.350 e. The van der Waals surface area contributed by atoms with Crippen LogP contribution in [0.2, 0.25) is 0 Å². The molecule has 0 aliphatic heterocycles. The third-order valence-electron chi connectivity index (χ3n) is 4.21. The predicted molar refractivity (Wildman–Crippen MR) is 108 cm³/mol. The predicted octanol–water partition coefficient (Wildman–Crippen LogP) is 3.17. The molecule has 0 unspecified atom stereocenters. The number of carbonyl (C=O) groups excluding carboxylic acids is 1. The van der Waals surface area contributed by atoms with Crippen molar-refractivity contribution in [1.29, 1.82) is 5.26 Å². The minimum absolute atomic E-state index is 0.00201. The maximum atomic E-state index is 12.0. The molecule has 0 spiro atoms. The molecule has 0 radical (unpaired) electrons. The Kier molecular flexibility index (Phi) is 5.54. The zero-order valence-electron chi connectivity index (χ0n) is 15.7. The fraction of sp³-hybridized carbons (Fsp3) is 0.316. The molecule has 0 N–H and O–H groups in total. The first-order valence-electron chi connectivity index (χ1n) is 8.59. The second-order valence-corrected chi connectivity index (χ2v) is 9.62. The molecule has 0 aliphatic rings. The van der Waals surface area contributed by atoms with Crippen LogP contribution in [0.1, 0.15) is 27.9 Å². The zero-order valence-corrected chi connectivity index (χ0v) is 17.4. The topological polar surface area (TPSA) is 102 Å². The van der Waals surface area contributed by atoms with Crippen LogP contribution in [0.15, 0.2) is 24.4 Å². The van der Waals surface area contributed by atoms with Crippen molar-refractivity contribution in [3.8, 4) is 16.6 Å². The number of nitriles is 1. The van der Waals surface area contributed by atoms with Crippen LogP contribution >= 0.6 is 11.3 Å². The molecule has 3 rings (SSSR count). The number of fused-ring (bicyclic) bond motifs is 1. The number of ether oxygens (including phenoxy) is 1. The van der Waals surface area contributed by atoms with E-state index in [-0.39, 0.29) is 12.3 Å². The number of aryl methyl sites for hydroxylation is 2. The highest BCUT2D eigenvalue weighted by atomic mass is 32.2. The summed E-state index contributed by atoms with van der Waals surface area (Å²) in [6.07, 6.45) is 2.85. The lowest BCUT2D eigenvalue weighted by atomic mass is 10.1. The number of rotatable bonds is 6. The summed E-state index contributed by atoms with van der Waals surface area (Å²) in [5, 5.41) is 10.8. The van der Waals surface area contributed by atoms with Crippen molar-refractivity contribution in [2.75, 3.05) is 18.6 Å². The molecule has 146 valence electrons. The van der Waals surface area contributed by atoms with Crippen molar-refractivity contribution in [3.63, 3.8) is 0 Å². The van der Waals surface area contributed by atoms with Gasteiger partial charge in [0, 0.05) is 35.5 Å². The Hall–Kier alpha value is -2.70. The highest BCUT2D eigenvalue weighted by molar-refractivity contribution is 7.90. The van der Waals surface area contributed by atoms with Crippen molar-refractivity contribution in [1.82, 2.24) is 9.55 Å². The van der Waals surface area contributed by atoms with E-state index in [2.05, 4.69) is 11.1 Å². The molecular formula is C19H19N3O4S2. The number of benzene rings is 1. The van der Waals surface area contributed by atoms with Crippen molar-refractivity contribution in [2.24, 2.45) is 0 Å². The first-order chi connectivity index (χ1) is 13.2. The van der Waals surface area contributed by atoms with Crippen LogP contribution in [-0.4, -0.2) is 42.6 Å². The van der Waals surface area contributed by atoms with E-state index < -0.39 is 15.8 Å². The summed E-state index contributed by atoms with van der Waals surface area (Å²) in [6, 6.07) is 7.70. The average molecular weight is 418 g/mol. The number of carbonyl (C=O) groups is 1. The SMILES string of the molecule is CCOC(=O)c1sc(-c2ccc3c(c2)c(C#N)cn3CCS(C)(=O)=O)nc1C. The molecule has 1 aromatic carbocycles. The van der Waals surface area contributed by atoms with E-state index in [1.54, 1.807) is 24.6 Å². The summed E-state index contributed by atoms with van der Waals surface area (Å²) >= 11 is 1.25. The second-order valence-electron chi connectivity index (χ2n) is 6.36. The van der Waals surface area contributed by atoms with E-state index in [1.165, 1.54) is 17.6 Å². The lowest BCUT2D eigenvalue weighted by Crippen LogP contribution is -2.10. The van der Waals surface area contributed by atoms with E-state index in [4.69, 9.17) is 4.74 Å². The Labute approximate surface area is 167 Å². The van der Waals surface area contributed by atoms with Gasteiger partial charge in [-0.05, 0) is 32.0 Å². The number of hydrogen-bond acceptors (Lipinski definition) is 7. The van der Waals surface area contributed by atoms with E-state index in [1.807, 2.05) is 18.2 Å². The summed E-state index contributed by atoms with van der Waals surface area (Å²) in [7, 11) is -3.11. The third-order valence-corrected chi connectivity index (χ3v) is 6.32. The van der Waals surface area contributed by atoms with Crippen LogP contribution in [0.25, 0.3) is 21.5 Å². The summed E-state index contributed by atoms with van der Waals surface area (Å²) in [5.74, 6) is -0.396. The van der Waals surface area contributed by atoms with Gasteiger partial charge < -0.3 is 9.30 Å². The maximum absolute atomic E-state index is 12.0. The van der Waals surface area contributed by atoms with E-state index >= 15 is 0 Å². The van der Waals surface area contributed by atoms with Crippen LogP contribution in [-0.2, 0) is 21.1 Å². The van der Waals surface area contributed by atoms with Gasteiger partial charge in [0.05, 0.1) is 23.6 Å². The molecule has 9 heteroatoms. The van der Waals surface area contributed by atoms with Gasteiger partial charge in [0.25, 0.3) is 0 Å². The fourth-order valence-electron chi connectivity index (χ4n) is 2.87. The lowest BCUT2D eigenvalue weighted by Gasteiger charge is -2.05. The molecule has 3 aromatic rings. The van der Waals surface area contributed by atoms with Gasteiger partial charge in [-0.2, -0.15) is 5.26 Å². The lowest BCUT2D eigenvalue weighted by molar-refractivity contribution is 0.0531. The van der Waals surface area contributed by atoms with E-state index in [9.17, 15) is 18.5 Å². The molecule has 0 saturated heterocycles. The number of aromatic nitrogens is 2. The van der Waals surface area contributed by atoms with Crippen molar-refractivity contribution in [2.45, 2.75) is 20.4 Å². The van der Waals surface area contributed by atoms with Crippen LogP contribution in [0.5, 0.6) is 0 Å².